The van der Waals surface area contributed by atoms with Crippen LogP contribution in [0.2, 0.25) is 10.0 Å². The van der Waals surface area contributed by atoms with Crippen LogP contribution in [0.25, 0.3) is 0 Å². The molecule has 2 aromatic rings. The molecule has 156 valence electrons. The number of imide groups is 1. The highest BCUT2D eigenvalue weighted by Crippen LogP contribution is 2.31. The van der Waals surface area contributed by atoms with Crippen molar-refractivity contribution >= 4 is 52.2 Å². The highest BCUT2D eigenvalue weighted by Gasteiger charge is 2.43. The number of amides is 2. The van der Waals surface area contributed by atoms with E-state index in [2.05, 4.69) is 9.80 Å². The van der Waals surface area contributed by atoms with Crippen LogP contribution in [-0.4, -0.2) is 54.7 Å². The number of hydrogen-bond acceptors (Lipinski definition) is 5. The Morgan fingerprint density at radius 1 is 0.900 bits per heavy atom. The highest BCUT2D eigenvalue weighted by atomic mass is 35.5. The van der Waals surface area contributed by atoms with Crippen LogP contribution in [0.15, 0.2) is 42.5 Å². The number of rotatable bonds is 4. The number of halogens is 2. The van der Waals surface area contributed by atoms with Gasteiger partial charge < -0.3 is 4.90 Å². The molecule has 0 saturated carbocycles. The summed E-state index contributed by atoms with van der Waals surface area (Å²) in [5, 5.41) is 0.686. The molecule has 4 rings (SSSR count). The molecule has 2 heterocycles. The fourth-order valence-electron chi connectivity index (χ4n) is 4.00. The second-order valence-electron chi connectivity index (χ2n) is 7.51. The predicted octanol–water partition coefficient (Wildman–Crippen LogP) is 3.65. The first kappa shape index (κ1) is 20.8. The van der Waals surface area contributed by atoms with Gasteiger partial charge in [0.1, 0.15) is 0 Å². The van der Waals surface area contributed by atoms with Gasteiger partial charge in [-0.3, -0.25) is 19.3 Å². The van der Waals surface area contributed by atoms with Gasteiger partial charge >= 0.3 is 0 Å². The van der Waals surface area contributed by atoms with Crippen molar-refractivity contribution in [1.82, 2.24) is 4.90 Å². The molecule has 0 N–H and O–H groups in total. The van der Waals surface area contributed by atoms with Crippen LogP contribution in [0.1, 0.15) is 23.7 Å². The zero-order valence-corrected chi connectivity index (χ0v) is 18.0. The molecule has 0 spiro atoms. The quantitative estimate of drug-likeness (QED) is 0.530. The number of piperazine rings is 1. The molecule has 2 fully saturated rings. The topological polar surface area (TPSA) is 60.9 Å². The van der Waals surface area contributed by atoms with Gasteiger partial charge in [0.05, 0.1) is 28.2 Å². The summed E-state index contributed by atoms with van der Waals surface area (Å²) >= 11 is 12.0. The van der Waals surface area contributed by atoms with E-state index >= 15 is 0 Å². The minimum Gasteiger partial charge on any atom is -0.369 e. The van der Waals surface area contributed by atoms with E-state index in [4.69, 9.17) is 23.2 Å². The van der Waals surface area contributed by atoms with Crippen LogP contribution >= 0.6 is 23.2 Å². The summed E-state index contributed by atoms with van der Waals surface area (Å²) < 4.78 is 0. The van der Waals surface area contributed by atoms with Crippen LogP contribution in [-0.2, 0) is 9.59 Å². The lowest BCUT2D eigenvalue weighted by molar-refractivity contribution is -0.123. The molecule has 6 nitrogen and oxygen atoms in total. The molecule has 8 heteroatoms. The van der Waals surface area contributed by atoms with Gasteiger partial charge in [-0.2, -0.15) is 0 Å². The molecule has 2 aliphatic heterocycles. The van der Waals surface area contributed by atoms with E-state index in [1.165, 1.54) is 4.90 Å². The summed E-state index contributed by atoms with van der Waals surface area (Å²) in [5.74, 6) is -0.411. The predicted molar refractivity (Wildman–Crippen MR) is 118 cm³/mol. The molecule has 30 heavy (non-hydrogen) atoms. The fourth-order valence-corrected chi connectivity index (χ4v) is 4.29. The number of hydrogen-bond donors (Lipinski definition) is 0. The molecule has 0 radical (unpaired) electrons. The summed E-state index contributed by atoms with van der Waals surface area (Å²) in [6.07, 6.45) is 0.159. The van der Waals surface area contributed by atoms with Crippen molar-refractivity contribution in [1.29, 1.82) is 0 Å². The summed E-state index contributed by atoms with van der Waals surface area (Å²) in [7, 11) is 0. The summed E-state index contributed by atoms with van der Waals surface area (Å²) in [5.41, 5.74) is 2.19. The molecular weight excluding hydrogens is 425 g/mol. The largest absolute Gasteiger partial charge is 0.369 e. The van der Waals surface area contributed by atoms with Crippen LogP contribution in [0.3, 0.4) is 0 Å². The van der Waals surface area contributed by atoms with Crippen molar-refractivity contribution < 1.29 is 14.4 Å². The first-order chi connectivity index (χ1) is 14.3. The number of Topliss-reactive ketones (excluding diaryl/α,β-unsaturated/α-hetero) is 1. The van der Waals surface area contributed by atoms with Crippen molar-refractivity contribution in [3.63, 3.8) is 0 Å². The standard InChI is InChI=1S/C22H21Cl2N3O3/c1-14(28)15-2-4-16(5-3-15)25-8-10-26(11-9-25)20-13-21(29)27(22(20)30)17-6-7-18(23)19(24)12-17/h2-7,12,20H,8-11,13H2,1H3. The Kier molecular flexibility index (Phi) is 5.82. The third-order valence-electron chi connectivity index (χ3n) is 5.68. The SMILES string of the molecule is CC(=O)c1ccc(N2CCN(C3CC(=O)N(c4ccc(Cl)c(Cl)c4)C3=O)CC2)cc1. The van der Waals surface area contributed by atoms with Crippen molar-refractivity contribution in [2.45, 2.75) is 19.4 Å². The summed E-state index contributed by atoms with van der Waals surface area (Å²) in [4.78, 5) is 42.5. The maximum absolute atomic E-state index is 13.0. The van der Waals surface area contributed by atoms with Crippen molar-refractivity contribution in [3.05, 3.63) is 58.1 Å². The molecule has 2 saturated heterocycles. The normalized spacial score (nSPS) is 20.2. The molecule has 2 amide bonds. The second kappa shape index (κ2) is 8.38. The lowest BCUT2D eigenvalue weighted by Gasteiger charge is -2.38. The Morgan fingerprint density at radius 3 is 2.13 bits per heavy atom. The Balaban J connectivity index is 1.42. The van der Waals surface area contributed by atoms with E-state index in [-0.39, 0.29) is 24.0 Å². The van der Waals surface area contributed by atoms with Crippen molar-refractivity contribution in [3.8, 4) is 0 Å². The van der Waals surface area contributed by atoms with Gasteiger partial charge in [0.25, 0.3) is 5.91 Å². The Morgan fingerprint density at radius 2 is 1.53 bits per heavy atom. The van der Waals surface area contributed by atoms with Gasteiger partial charge in [0.2, 0.25) is 5.91 Å². The first-order valence-electron chi connectivity index (χ1n) is 9.77. The average molecular weight is 446 g/mol. The van der Waals surface area contributed by atoms with Crippen LogP contribution in [0.5, 0.6) is 0 Å². The van der Waals surface area contributed by atoms with Crippen LogP contribution in [0.4, 0.5) is 11.4 Å². The molecule has 2 aliphatic rings. The zero-order valence-electron chi connectivity index (χ0n) is 16.5. The maximum atomic E-state index is 13.0. The minimum absolute atomic E-state index is 0.0438. The van der Waals surface area contributed by atoms with E-state index in [1.807, 2.05) is 24.3 Å². The highest BCUT2D eigenvalue weighted by molar-refractivity contribution is 6.42. The zero-order chi connectivity index (χ0) is 21.4. The van der Waals surface area contributed by atoms with Crippen molar-refractivity contribution in [2.75, 3.05) is 36.0 Å². The van der Waals surface area contributed by atoms with E-state index in [1.54, 1.807) is 25.1 Å². The lowest BCUT2D eigenvalue weighted by Crippen LogP contribution is -2.52. The summed E-state index contributed by atoms with van der Waals surface area (Å²) in [6.45, 7) is 4.38. The maximum Gasteiger partial charge on any atom is 0.251 e. The van der Waals surface area contributed by atoms with Gasteiger partial charge in [0.15, 0.2) is 5.78 Å². The van der Waals surface area contributed by atoms with Crippen LogP contribution < -0.4 is 9.80 Å². The second-order valence-corrected chi connectivity index (χ2v) is 8.33. The Labute approximate surface area is 184 Å². The summed E-state index contributed by atoms with van der Waals surface area (Å²) in [6, 6.07) is 11.9. The molecule has 0 aromatic heterocycles. The van der Waals surface area contributed by atoms with Crippen molar-refractivity contribution in [2.24, 2.45) is 0 Å². The van der Waals surface area contributed by atoms with Gasteiger partial charge in [-0.15, -0.1) is 0 Å². The first-order valence-corrected chi connectivity index (χ1v) is 10.5. The van der Waals surface area contributed by atoms with E-state index < -0.39 is 6.04 Å². The third kappa shape index (κ3) is 3.95. The van der Waals surface area contributed by atoms with Gasteiger partial charge in [0, 0.05) is 37.4 Å². The molecule has 0 bridgehead atoms. The van der Waals surface area contributed by atoms with Gasteiger partial charge in [-0.1, -0.05) is 23.2 Å². The molecule has 1 atom stereocenters. The number of benzene rings is 2. The average Bonchev–Trinajstić information content (AvgIpc) is 3.04. The van der Waals surface area contributed by atoms with E-state index in [0.717, 1.165) is 18.8 Å². The smallest absolute Gasteiger partial charge is 0.251 e. The Hall–Kier alpha value is -2.41. The molecular formula is C22H21Cl2N3O3. The molecule has 0 aliphatic carbocycles. The fraction of sp³-hybridized carbons (Fsp3) is 0.318. The van der Waals surface area contributed by atoms with E-state index in [9.17, 15) is 14.4 Å². The monoisotopic (exact) mass is 445 g/mol. The molecule has 1 unspecified atom stereocenters. The van der Waals surface area contributed by atoms with Gasteiger partial charge in [-0.05, 0) is 49.4 Å². The van der Waals surface area contributed by atoms with Crippen LogP contribution in [0, 0.1) is 0 Å². The number of carbonyl (C=O) groups excluding carboxylic acids is 3. The number of anilines is 2. The van der Waals surface area contributed by atoms with Gasteiger partial charge in [-0.25, -0.2) is 4.90 Å². The molecule has 2 aromatic carbocycles. The lowest BCUT2D eigenvalue weighted by atomic mass is 10.1. The van der Waals surface area contributed by atoms with E-state index in [0.29, 0.717) is 34.4 Å². The number of nitrogens with zero attached hydrogens (tertiary/aromatic N) is 3. The number of ketones is 1. The Bertz CT molecular complexity index is 1000. The third-order valence-corrected chi connectivity index (χ3v) is 6.42. The number of carbonyl (C=O) groups is 3. The minimum atomic E-state index is -0.464.